The maximum absolute atomic E-state index is 12.7. The van der Waals surface area contributed by atoms with Gasteiger partial charge >= 0.3 is 0 Å². The highest BCUT2D eigenvalue weighted by molar-refractivity contribution is 6.01. The van der Waals surface area contributed by atoms with Gasteiger partial charge in [0, 0.05) is 23.3 Å². The predicted molar refractivity (Wildman–Crippen MR) is 85.6 cm³/mol. The van der Waals surface area contributed by atoms with Crippen LogP contribution in [0.1, 0.15) is 42.0 Å². The van der Waals surface area contributed by atoms with E-state index in [0.717, 1.165) is 46.7 Å². The van der Waals surface area contributed by atoms with Crippen molar-refractivity contribution >= 4 is 11.7 Å². The highest BCUT2D eigenvalue weighted by Crippen LogP contribution is 2.48. The Bertz CT molecular complexity index is 819. The van der Waals surface area contributed by atoms with Gasteiger partial charge in [-0.25, -0.2) is 0 Å². The minimum Gasteiger partial charge on any atom is -0.496 e. The molecule has 1 atom stereocenters. The number of Topliss-reactive ketones (excluding diaryl/α,β-unsaturated/α-hetero) is 1. The predicted octanol–water partition coefficient (Wildman–Crippen LogP) is 3.56. The normalized spacial score (nSPS) is 19.9. The minimum absolute atomic E-state index is 0.184. The smallest absolute Gasteiger partial charge is 0.233 e. The van der Waals surface area contributed by atoms with E-state index in [2.05, 4.69) is 10.5 Å². The number of carbonyl (C=O) groups excluding carboxylic acids is 1. The first-order chi connectivity index (χ1) is 11.2. The zero-order valence-electron chi connectivity index (χ0n) is 13.2. The van der Waals surface area contributed by atoms with Crippen LogP contribution in [0.2, 0.25) is 0 Å². The summed E-state index contributed by atoms with van der Waals surface area (Å²) in [5.74, 6) is 1.43. The Kier molecular flexibility index (Phi) is 3.22. The fourth-order valence-electron chi connectivity index (χ4n) is 3.63. The zero-order chi connectivity index (χ0) is 16.0. The van der Waals surface area contributed by atoms with Crippen LogP contribution >= 0.6 is 0 Å². The molecule has 1 aliphatic heterocycles. The Morgan fingerprint density at radius 1 is 1.30 bits per heavy atom. The van der Waals surface area contributed by atoms with Crippen LogP contribution in [0.5, 0.6) is 5.75 Å². The van der Waals surface area contributed by atoms with Gasteiger partial charge in [-0.3, -0.25) is 4.79 Å². The van der Waals surface area contributed by atoms with Gasteiger partial charge in [-0.1, -0.05) is 23.4 Å². The van der Waals surface area contributed by atoms with Crippen molar-refractivity contribution < 1.29 is 14.1 Å². The summed E-state index contributed by atoms with van der Waals surface area (Å²) in [7, 11) is 1.65. The van der Waals surface area contributed by atoms with Crippen LogP contribution in [0.4, 0.5) is 5.88 Å². The third-order valence-electron chi connectivity index (χ3n) is 4.66. The molecule has 1 aliphatic carbocycles. The van der Waals surface area contributed by atoms with Crippen LogP contribution in [0.3, 0.4) is 0 Å². The van der Waals surface area contributed by atoms with Crippen molar-refractivity contribution in [2.75, 3.05) is 12.4 Å². The molecule has 0 unspecified atom stereocenters. The van der Waals surface area contributed by atoms with Crippen LogP contribution in [0.15, 0.2) is 40.1 Å². The van der Waals surface area contributed by atoms with Crippen molar-refractivity contribution in [3.63, 3.8) is 0 Å². The number of ether oxygens (including phenoxy) is 1. The van der Waals surface area contributed by atoms with E-state index in [1.165, 1.54) is 0 Å². The molecule has 23 heavy (non-hydrogen) atoms. The average Bonchev–Trinajstić information content (AvgIpc) is 2.94. The number of benzene rings is 1. The van der Waals surface area contributed by atoms with Crippen LogP contribution in [0.25, 0.3) is 0 Å². The molecule has 4 rings (SSSR count). The summed E-state index contributed by atoms with van der Waals surface area (Å²) >= 11 is 0. The molecule has 5 nitrogen and oxygen atoms in total. The van der Waals surface area contributed by atoms with Crippen LogP contribution in [0, 0.1) is 6.92 Å². The summed E-state index contributed by atoms with van der Waals surface area (Å²) in [6, 6.07) is 7.84. The molecule has 118 valence electrons. The van der Waals surface area contributed by atoms with Crippen molar-refractivity contribution in [3.05, 3.63) is 52.4 Å². The average molecular weight is 310 g/mol. The van der Waals surface area contributed by atoms with E-state index >= 15 is 0 Å². The number of hydrogen-bond acceptors (Lipinski definition) is 5. The fraction of sp³-hybridized carbons (Fsp3) is 0.333. The number of methoxy groups -OCH3 is 1. The highest BCUT2D eigenvalue weighted by atomic mass is 16.5. The minimum atomic E-state index is -0.184. The Labute approximate surface area is 134 Å². The summed E-state index contributed by atoms with van der Waals surface area (Å²) in [6.07, 6.45) is 2.31. The summed E-state index contributed by atoms with van der Waals surface area (Å²) in [6.45, 7) is 1.91. The van der Waals surface area contributed by atoms with Gasteiger partial charge in [0.05, 0.1) is 24.3 Å². The molecule has 1 N–H and O–H groups in total. The molecule has 5 heteroatoms. The Balaban J connectivity index is 1.98. The standard InChI is InChI=1S/C18H18N2O3/c1-10-15-16(11-6-3-4-9-14(11)22-2)17-12(7-5-8-13(17)21)19-18(15)23-20-10/h3-4,6,9,16,19H,5,7-8H2,1-2H3/t16-/m1/s1. The first kappa shape index (κ1) is 14.1. The molecule has 0 fully saturated rings. The zero-order valence-corrected chi connectivity index (χ0v) is 13.2. The molecule has 1 aromatic carbocycles. The van der Waals surface area contributed by atoms with E-state index in [9.17, 15) is 4.79 Å². The van der Waals surface area contributed by atoms with Gasteiger partial charge in [-0.15, -0.1) is 0 Å². The van der Waals surface area contributed by atoms with Gasteiger partial charge in [-0.05, 0) is 25.8 Å². The van der Waals surface area contributed by atoms with Crippen LogP contribution < -0.4 is 10.1 Å². The second kappa shape index (κ2) is 5.26. The summed E-state index contributed by atoms with van der Waals surface area (Å²) in [5.41, 5.74) is 4.50. The topological polar surface area (TPSA) is 64.4 Å². The molecule has 2 aliphatic rings. The largest absolute Gasteiger partial charge is 0.496 e. The second-order valence-corrected chi connectivity index (χ2v) is 5.98. The van der Waals surface area contributed by atoms with Crippen molar-refractivity contribution in [1.82, 2.24) is 5.16 Å². The first-order valence-corrected chi connectivity index (χ1v) is 7.83. The molecule has 1 aromatic heterocycles. The number of allylic oxidation sites excluding steroid dienone is 2. The highest BCUT2D eigenvalue weighted by Gasteiger charge is 2.39. The Morgan fingerprint density at radius 2 is 2.13 bits per heavy atom. The number of ketones is 1. The van der Waals surface area contributed by atoms with Crippen LogP contribution in [-0.4, -0.2) is 18.0 Å². The Morgan fingerprint density at radius 3 is 2.96 bits per heavy atom. The van der Waals surface area contributed by atoms with Crippen molar-refractivity contribution in [1.29, 1.82) is 0 Å². The Hall–Kier alpha value is -2.56. The van der Waals surface area contributed by atoms with E-state index in [1.807, 2.05) is 31.2 Å². The molecule has 2 aromatic rings. The third-order valence-corrected chi connectivity index (χ3v) is 4.66. The van der Waals surface area contributed by atoms with Gasteiger partial charge in [0.1, 0.15) is 5.75 Å². The van der Waals surface area contributed by atoms with Crippen molar-refractivity contribution in [3.8, 4) is 5.75 Å². The molecule has 0 spiro atoms. The number of nitrogens with zero attached hydrogens (tertiary/aromatic N) is 1. The van der Waals surface area contributed by atoms with Gasteiger partial charge in [0.25, 0.3) is 0 Å². The van der Waals surface area contributed by atoms with E-state index < -0.39 is 0 Å². The van der Waals surface area contributed by atoms with Gasteiger partial charge in [-0.2, -0.15) is 0 Å². The van der Waals surface area contributed by atoms with Crippen LogP contribution in [-0.2, 0) is 4.79 Å². The number of aromatic nitrogens is 1. The molecule has 0 bridgehead atoms. The third kappa shape index (κ3) is 2.07. The lowest BCUT2D eigenvalue weighted by molar-refractivity contribution is -0.116. The molecular weight excluding hydrogens is 292 g/mol. The van der Waals surface area contributed by atoms with Crippen molar-refractivity contribution in [2.45, 2.75) is 32.1 Å². The SMILES string of the molecule is COc1ccccc1[C@H]1C2=C(CCCC2=O)Nc2onc(C)c21. The van der Waals surface area contributed by atoms with Crippen molar-refractivity contribution in [2.24, 2.45) is 0 Å². The number of fused-ring (bicyclic) bond motifs is 1. The number of rotatable bonds is 2. The molecule has 2 heterocycles. The second-order valence-electron chi connectivity index (χ2n) is 5.98. The molecule has 0 radical (unpaired) electrons. The number of nitrogens with one attached hydrogen (secondary N) is 1. The van der Waals surface area contributed by atoms with E-state index in [4.69, 9.17) is 9.26 Å². The van der Waals surface area contributed by atoms with Gasteiger partial charge in [0.15, 0.2) is 5.78 Å². The lowest BCUT2D eigenvalue weighted by Gasteiger charge is -2.31. The lowest BCUT2D eigenvalue weighted by Crippen LogP contribution is -2.26. The fourth-order valence-corrected chi connectivity index (χ4v) is 3.63. The summed E-state index contributed by atoms with van der Waals surface area (Å²) in [4.78, 5) is 12.7. The van der Waals surface area contributed by atoms with E-state index in [1.54, 1.807) is 7.11 Å². The lowest BCUT2D eigenvalue weighted by atomic mass is 9.76. The first-order valence-electron chi connectivity index (χ1n) is 7.83. The van der Waals surface area contributed by atoms with E-state index in [0.29, 0.717) is 12.3 Å². The maximum Gasteiger partial charge on any atom is 0.233 e. The molecular formula is C18H18N2O3. The van der Waals surface area contributed by atoms with Gasteiger partial charge < -0.3 is 14.6 Å². The number of anilines is 1. The quantitative estimate of drug-likeness (QED) is 0.919. The number of carbonyl (C=O) groups is 1. The summed E-state index contributed by atoms with van der Waals surface area (Å²) < 4.78 is 11.0. The number of para-hydroxylation sites is 1. The maximum atomic E-state index is 12.7. The molecule has 0 saturated heterocycles. The number of aryl methyl sites for hydroxylation is 1. The number of hydrogen-bond donors (Lipinski definition) is 1. The molecule has 0 amide bonds. The summed E-state index contributed by atoms with van der Waals surface area (Å²) in [5, 5.41) is 7.37. The molecule has 0 saturated carbocycles. The van der Waals surface area contributed by atoms with Gasteiger partial charge in [0.2, 0.25) is 5.88 Å². The van der Waals surface area contributed by atoms with E-state index in [-0.39, 0.29) is 11.7 Å². The monoisotopic (exact) mass is 310 g/mol.